The molecule has 2 N–H and O–H groups in total. The molecular weight excluding hydrogens is 379 g/mol. The minimum Gasteiger partial charge on any atom is -0.423 e. The lowest BCUT2D eigenvalue weighted by Crippen LogP contribution is -2.29. The van der Waals surface area contributed by atoms with Crippen LogP contribution in [0, 0.1) is 0 Å². The Kier molecular flexibility index (Phi) is 6.17. The first kappa shape index (κ1) is 20.9. The molecular formula is C28H25BO2. The highest BCUT2D eigenvalue weighted by Crippen LogP contribution is 2.41. The summed E-state index contributed by atoms with van der Waals surface area (Å²) >= 11 is 0. The van der Waals surface area contributed by atoms with Gasteiger partial charge < -0.3 is 10.0 Å². The van der Waals surface area contributed by atoms with Crippen molar-refractivity contribution in [1.29, 1.82) is 0 Å². The molecule has 152 valence electrons. The molecule has 4 aromatic carbocycles. The number of hydrogen-bond donors (Lipinski definition) is 2. The van der Waals surface area contributed by atoms with Crippen LogP contribution in [-0.4, -0.2) is 17.2 Å². The van der Waals surface area contributed by atoms with Crippen molar-refractivity contribution in [2.24, 2.45) is 0 Å². The summed E-state index contributed by atoms with van der Waals surface area (Å²) in [6, 6.07) is 32.8. The number of hydrogen-bond acceptors (Lipinski definition) is 2. The SMILES string of the molecule is CC=C(C)c1cc(-c2ccccc2)cc(-c2ccccc2)c1-c1ccc(B(O)O)cc1. The standard InChI is InChI=1S/C28H25BO2/c1-3-20(2)26-18-24(21-10-6-4-7-11-21)19-27(22-12-8-5-9-13-22)28(26)23-14-16-25(17-15-23)29(30)31/h3-19,30-31H,1-2H3. The van der Waals surface area contributed by atoms with Crippen LogP contribution < -0.4 is 5.46 Å². The summed E-state index contributed by atoms with van der Waals surface area (Å²) in [5.74, 6) is 0. The lowest BCUT2D eigenvalue weighted by atomic mass is 9.78. The zero-order chi connectivity index (χ0) is 21.8. The zero-order valence-electron chi connectivity index (χ0n) is 17.8. The van der Waals surface area contributed by atoms with Gasteiger partial charge in [0.1, 0.15) is 0 Å². The Morgan fingerprint density at radius 3 is 1.81 bits per heavy atom. The first-order chi connectivity index (χ1) is 15.1. The molecule has 0 radical (unpaired) electrons. The van der Waals surface area contributed by atoms with E-state index >= 15 is 0 Å². The smallest absolute Gasteiger partial charge is 0.423 e. The average molecular weight is 404 g/mol. The predicted octanol–water partition coefficient (Wildman–Crippen LogP) is 5.79. The van der Waals surface area contributed by atoms with Gasteiger partial charge in [0.25, 0.3) is 0 Å². The Morgan fingerprint density at radius 2 is 1.26 bits per heavy atom. The quantitative estimate of drug-likeness (QED) is 0.414. The molecule has 2 nitrogen and oxygen atoms in total. The number of rotatable bonds is 5. The van der Waals surface area contributed by atoms with Gasteiger partial charge >= 0.3 is 7.12 Å². The van der Waals surface area contributed by atoms with E-state index in [0.29, 0.717) is 5.46 Å². The molecule has 0 amide bonds. The van der Waals surface area contributed by atoms with Crippen molar-refractivity contribution in [1.82, 2.24) is 0 Å². The van der Waals surface area contributed by atoms with Gasteiger partial charge in [-0.1, -0.05) is 91.0 Å². The third kappa shape index (κ3) is 4.39. The number of benzene rings is 4. The van der Waals surface area contributed by atoms with Crippen LogP contribution in [0.3, 0.4) is 0 Å². The van der Waals surface area contributed by atoms with Gasteiger partial charge in [0.05, 0.1) is 0 Å². The molecule has 0 saturated heterocycles. The summed E-state index contributed by atoms with van der Waals surface area (Å²) in [5.41, 5.74) is 9.66. The molecule has 0 heterocycles. The van der Waals surface area contributed by atoms with Crippen molar-refractivity contribution in [3.63, 3.8) is 0 Å². The summed E-state index contributed by atoms with van der Waals surface area (Å²) in [6.07, 6.45) is 2.13. The largest absolute Gasteiger partial charge is 0.488 e. The molecule has 3 heteroatoms. The lowest BCUT2D eigenvalue weighted by Gasteiger charge is -2.19. The first-order valence-corrected chi connectivity index (χ1v) is 10.5. The van der Waals surface area contributed by atoms with E-state index in [9.17, 15) is 10.0 Å². The molecule has 0 aliphatic heterocycles. The minimum atomic E-state index is -1.47. The lowest BCUT2D eigenvalue weighted by molar-refractivity contribution is 0.426. The van der Waals surface area contributed by atoms with Gasteiger partial charge in [0.2, 0.25) is 0 Å². The monoisotopic (exact) mass is 404 g/mol. The summed E-state index contributed by atoms with van der Waals surface area (Å²) in [5, 5.41) is 19.0. The fraction of sp³-hybridized carbons (Fsp3) is 0.0714. The van der Waals surface area contributed by atoms with Crippen LogP contribution in [0.15, 0.2) is 103 Å². The van der Waals surface area contributed by atoms with E-state index in [-0.39, 0.29) is 0 Å². The Labute approximate surface area is 184 Å². The fourth-order valence-corrected chi connectivity index (χ4v) is 3.88. The van der Waals surface area contributed by atoms with Crippen LogP contribution in [0.4, 0.5) is 0 Å². The van der Waals surface area contributed by atoms with Gasteiger partial charge in [0.15, 0.2) is 0 Å². The van der Waals surface area contributed by atoms with Crippen LogP contribution in [-0.2, 0) is 0 Å². The van der Waals surface area contributed by atoms with Crippen molar-refractivity contribution in [2.75, 3.05) is 0 Å². The molecule has 0 atom stereocenters. The maximum Gasteiger partial charge on any atom is 0.488 e. The molecule has 4 rings (SSSR count). The molecule has 4 aromatic rings. The predicted molar refractivity (Wildman–Crippen MR) is 132 cm³/mol. The number of allylic oxidation sites excluding steroid dienone is 2. The van der Waals surface area contributed by atoms with E-state index in [1.807, 2.05) is 24.3 Å². The van der Waals surface area contributed by atoms with Crippen LogP contribution >= 0.6 is 0 Å². The third-order valence-electron chi connectivity index (χ3n) is 5.69. The van der Waals surface area contributed by atoms with Crippen molar-refractivity contribution in [3.8, 4) is 33.4 Å². The van der Waals surface area contributed by atoms with Crippen molar-refractivity contribution < 1.29 is 10.0 Å². The summed E-state index contributed by atoms with van der Waals surface area (Å²) < 4.78 is 0. The van der Waals surface area contributed by atoms with Gasteiger partial charge in [-0.05, 0) is 76.0 Å². The normalized spacial score (nSPS) is 11.4. The van der Waals surface area contributed by atoms with E-state index in [1.54, 1.807) is 12.1 Å². The Hall–Kier alpha value is -3.40. The highest BCUT2D eigenvalue weighted by molar-refractivity contribution is 6.58. The second kappa shape index (κ2) is 9.17. The van der Waals surface area contributed by atoms with E-state index in [1.165, 1.54) is 22.3 Å². The molecule has 0 aliphatic carbocycles. The Balaban J connectivity index is 2.03. The molecule has 0 unspecified atom stereocenters. The molecule has 0 aliphatic rings. The van der Waals surface area contributed by atoms with Gasteiger partial charge in [-0.15, -0.1) is 0 Å². The van der Waals surface area contributed by atoms with Crippen LogP contribution in [0.25, 0.3) is 39.0 Å². The maximum absolute atomic E-state index is 9.51. The molecule has 31 heavy (non-hydrogen) atoms. The second-order valence-electron chi connectivity index (χ2n) is 7.65. The van der Waals surface area contributed by atoms with Gasteiger partial charge in [-0.25, -0.2) is 0 Å². The topological polar surface area (TPSA) is 40.5 Å². The van der Waals surface area contributed by atoms with Crippen LogP contribution in [0.1, 0.15) is 19.4 Å². The Morgan fingerprint density at radius 1 is 0.677 bits per heavy atom. The Bertz CT molecular complexity index is 1200. The maximum atomic E-state index is 9.51. The van der Waals surface area contributed by atoms with Crippen LogP contribution in [0.5, 0.6) is 0 Å². The zero-order valence-corrected chi connectivity index (χ0v) is 17.8. The molecule has 0 spiro atoms. The highest BCUT2D eigenvalue weighted by Gasteiger charge is 2.17. The molecule has 0 fully saturated rings. The molecule has 0 aromatic heterocycles. The molecule has 0 saturated carbocycles. The fourth-order valence-electron chi connectivity index (χ4n) is 3.88. The van der Waals surface area contributed by atoms with Crippen molar-refractivity contribution in [2.45, 2.75) is 13.8 Å². The highest BCUT2D eigenvalue weighted by atomic mass is 16.4. The van der Waals surface area contributed by atoms with E-state index in [4.69, 9.17) is 0 Å². The van der Waals surface area contributed by atoms with E-state index in [2.05, 4.69) is 80.6 Å². The minimum absolute atomic E-state index is 0.482. The summed E-state index contributed by atoms with van der Waals surface area (Å²) in [4.78, 5) is 0. The van der Waals surface area contributed by atoms with E-state index < -0.39 is 7.12 Å². The van der Waals surface area contributed by atoms with Gasteiger partial charge in [0, 0.05) is 0 Å². The summed E-state index contributed by atoms with van der Waals surface area (Å²) in [6.45, 7) is 4.19. The van der Waals surface area contributed by atoms with Gasteiger partial charge in [-0.3, -0.25) is 0 Å². The molecule has 0 bridgehead atoms. The van der Waals surface area contributed by atoms with E-state index in [0.717, 1.165) is 22.3 Å². The second-order valence-corrected chi connectivity index (χ2v) is 7.65. The van der Waals surface area contributed by atoms with Gasteiger partial charge in [-0.2, -0.15) is 0 Å². The van der Waals surface area contributed by atoms with Crippen LogP contribution in [0.2, 0.25) is 0 Å². The third-order valence-corrected chi connectivity index (χ3v) is 5.69. The summed E-state index contributed by atoms with van der Waals surface area (Å²) in [7, 11) is -1.47. The van der Waals surface area contributed by atoms with Crippen molar-refractivity contribution >= 4 is 18.2 Å². The first-order valence-electron chi connectivity index (χ1n) is 10.5. The van der Waals surface area contributed by atoms with Crippen molar-refractivity contribution in [3.05, 3.63) is 109 Å². The average Bonchev–Trinajstić information content (AvgIpc) is 2.84.